The molecule has 0 saturated carbocycles. The van der Waals surface area contributed by atoms with Crippen molar-refractivity contribution in [2.45, 2.75) is 50.2 Å². The number of rotatable bonds is 1. The monoisotopic (exact) mass is 269 g/mol. The van der Waals surface area contributed by atoms with E-state index in [-0.39, 0.29) is 0 Å². The molecule has 0 amide bonds. The van der Waals surface area contributed by atoms with E-state index in [0.717, 1.165) is 43.4 Å². The van der Waals surface area contributed by atoms with Crippen molar-refractivity contribution in [2.75, 3.05) is 6.54 Å². The minimum Gasteiger partial charge on any atom is -0.313 e. The Morgan fingerprint density at radius 1 is 1.11 bits per heavy atom. The highest BCUT2D eigenvalue weighted by Gasteiger charge is 2.34. The van der Waals surface area contributed by atoms with E-state index in [0.29, 0.717) is 12.0 Å². The molecular weight excluding hydrogens is 251 g/mol. The molecule has 2 atom stereocenters. The van der Waals surface area contributed by atoms with Gasteiger partial charge in [-0.1, -0.05) is 6.07 Å². The number of hydrogen-bond donors (Lipinski definition) is 1. The van der Waals surface area contributed by atoms with Crippen molar-refractivity contribution in [1.82, 2.24) is 5.32 Å². The van der Waals surface area contributed by atoms with Gasteiger partial charge in [0.05, 0.1) is 5.56 Å². The smallest absolute Gasteiger partial charge is 0.313 e. The molecular formula is C15H18F3N. The van der Waals surface area contributed by atoms with Crippen molar-refractivity contribution in [3.8, 4) is 0 Å². The van der Waals surface area contributed by atoms with E-state index in [1.54, 1.807) is 6.07 Å². The second-order valence-corrected chi connectivity index (χ2v) is 5.61. The van der Waals surface area contributed by atoms with Gasteiger partial charge in [0, 0.05) is 6.04 Å². The van der Waals surface area contributed by atoms with Crippen molar-refractivity contribution < 1.29 is 13.2 Å². The third-order valence-electron chi connectivity index (χ3n) is 4.42. The molecule has 1 nitrogen and oxygen atoms in total. The molecule has 2 unspecified atom stereocenters. The summed E-state index contributed by atoms with van der Waals surface area (Å²) in [4.78, 5) is 0. The van der Waals surface area contributed by atoms with E-state index in [1.807, 2.05) is 0 Å². The van der Waals surface area contributed by atoms with Gasteiger partial charge in [-0.15, -0.1) is 0 Å². The third kappa shape index (κ3) is 2.50. The summed E-state index contributed by atoms with van der Waals surface area (Å²) in [5.74, 6) is 0.397. The van der Waals surface area contributed by atoms with Crippen LogP contribution in [-0.2, 0) is 12.6 Å². The van der Waals surface area contributed by atoms with E-state index < -0.39 is 11.7 Å². The second kappa shape index (κ2) is 4.82. The highest BCUT2D eigenvalue weighted by atomic mass is 19.4. The zero-order valence-electron chi connectivity index (χ0n) is 10.8. The summed E-state index contributed by atoms with van der Waals surface area (Å²) in [6.45, 7) is 1.04. The van der Waals surface area contributed by atoms with E-state index in [4.69, 9.17) is 0 Å². The van der Waals surface area contributed by atoms with Crippen LogP contribution in [0.15, 0.2) is 18.2 Å². The van der Waals surface area contributed by atoms with Gasteiger partial charge in [0.1, 0.15) is 0 Å². The molecule has 19 heavy (non-hydrogen) atoms. The normalized spacial score (nSPS) is 27.3. The number of alkyl halides is 3. The van der Waals surface area contributed by atoms with E-state index in [9.17, 15) is 13.2 Å². The van der Waals surface area contributed by atoms with Gasteiger partial charge >= 0.3 is 6.18 Å². The number of benzene rings is 1. The molecule has 1 saturated heterocycles. The lowest BCUT2D eigenvalue weighted by Gasteiger charge is -2.31. The Morgan fingerprint density at radius 3 is 2.63 bits per heavy atom. The van der Waals surface area contributed by atoms with Crippen LogP contribution in [0.3, 0.4) is 0 Å². The predicted octanol–water partition coefficient (Wildman–Crippen LogP) is 3.88. The third-order valence-corrected chi connectivity index (χ3v) is 4.42. The second-order valence-electron chi connectivity index (χ2n) is 5.61. The van der Waals surface area contributed by atoms with Crippen molar-refractivity contribution in [3.05, 3.63) is 34.9 Å². The van der Waals surface area contributed by atoms with Gasteiger partial charge < -0.3 is 5.32 Å². The maximum atomic E-state index is 12.7. The van der Waals surface area contributed by atoms with Crippen LogP contribution in [0.2, 0.25) is 0 Å². The van der Waals surface area contributed by atoms with E-state index in [2.05, 4.69) is 5.32 Å². The summed E-state index contributed by atoms with van der Waals surface area (Å²) in [7, 11) is 0. The summed E-state index contributed by atoms with van der Waals surface area (Å²) in [6.07, 6.45) is 0.964. The van der Waals surface area contributed by atoms with Gasteiger partial charge in [0.2, 0.25) is 0 Å². The molecule has 1 aromatic rings. The first kappa shape index (κ1) is 13.0. The van der Waals surface area contributed by atoms with Crippen molar-refractivity contribution in [3.63, 3.8) is 0 Å². The Morgan fingerprint density at radius 2 is 1.95 bits per heavy atom. The van der Waals surface area contributed by atoms with Gasteiger partial charge in [0.15, 0.2) is 0 Å². The fraction of sp³-hybridized carbons (Fsp3) is 0.600. The van der Waals surface area contributed by atoms with Crippen LogP contribution in [0.5, 0.6) is 0 Å². The fourth-order valence-corrected chi connectivity index (χ4v) is 3.50. The van der Waals surface area contributed by atoms with Crippen LogP contribution in [0.1, 0.15) is 48.3 Å². The molecule has 1 N–H and O–H groups in total. The van der Waals surface area contributed by atoms with Gasteiger partial charge in [-0.25, -0.2) is 0 Å². The van der Waals surface area contributed by atoms with E-state index >= 15 is 0 Å². The minimum atomic E-state index is -4.23. The van der Waals surface area contributed by atoms with Gasteiger partial charge in [-0.05, 0) is 67.8 Å². The van der Waals surface area contributed by atoms with Crippen LogP contribution >= 0.6 is 0 Å². The quantitative estimate of drug-likeness (QED) is 0.816. The SMILES string of the molecule is FC(F)(F)c1ccc2c(c1)CCCC2C1CCCN1. The zero-order chi connectivity index (χ0) is 13.5. The van der Waals surface area contributed by atoms with Crippen molar-refractivity contribution >= 4 is 0 Å². The number of halogens is 3. The van der Waals surface area contributed by atoms with Crippen LogP contribution in [0.4, 0.5) is 13.2 Å². The molecule has 2 aliphatic rings. The Bertz CT molecular complexity index is 461. The molecule has 1 aliphatic carbocycles. The molecule has 0 bridgehead atoms. The average Bonchev–Trinajstić information content (AvgIpc) is 2.90. The highest BCUT2D eigenvalue weighted by molar-refractivity contribution is 5.38. The molecule has 0 aromatic heterocycles. The lowest BCUT2D eigenvalue weighted by atomic mass is 9.78. The first-order valence-corrected chi connectivity index (χ1v) is 6.99. The molecule has 1 aliphatic heterocycles. The minimum absolute atomic E-state index is 0.397. The summed E-state index contributed by atoms with van der Waals surface area (Å²) in [5, 5.41) is 3.49. The largest absolute Gasteiger partial charge is 0.416 e. The molecule has 0 spiro atoms. The van der Waals surface area contributed by atoms with Crippen molar-refractivity contribution in [2.24, 2.45) is 0 Å². The van der Waals surface area contributed by atoms with Gasteiger partial charge in [0.25, 0.3) is 0 Å². The summed E-state index contributed by atoms with van der Waals surface area (Å²) in [6, 6.07) is 4.76. The molecule has 1 heterocycles. The molecule has 104 valence electrons. The maximum absolute atomic E-state index is 12.7. The number of aryl methyl sites for hydroxylation is 1. The molecule has 0 radical (unpaired) electrons. The topological polar surface area (TPSA) is 12.0 Å². The van der Waals surface area contributed by atoms with Crippen LogP contribution in [0.25, 0.3) is 0 Å². The van der Waals surface area contributed by atoms with Crippen molar-refractivity contribution in [1.29, 1.82) is 0 Å². The van der Waals surface area contributed by atoms with E-state index in [1.165, 1.54) is 18.6 Å². The summed E-state index contributed by atoms with van der Waals surface area (Å²) in [5.41, 5.74) is 1.53. The van der Waals surface area contributed by atoms with Crippen LogP contribution in [0, 0.1) is 0 Å². The first-order valence-electron chi connectivity index (χ1n) is 6.99. The van der Waals surface area contributed by atoms with Crippen LogP contribution in [-0.4, -0.2) is 12.6 Å². The lowest BCUT2D eigenvalue weighted by molar-refractivity contribution is -0.137. The number of fused-ring (bicyclic) bond motifs is 1. The lowest BCUT2D eigenvalue weighted by Crippen LogP contribution is -2.31. The highest BCUT2D eigenvalue weighted by Crippen LogP contribution is 2.39. The number of nitrogens with one attached hydrogen (secondary N) is 1. The zero-order valence-corrected chi connectivity index (χ0v) is 10.8. The molecule has 3 rings (SSSR count). The predicted molar refractivity (Wildman–Crippen MR) is 68.1 cm³/mol. The summed E-state index contributed by atoms with van der Waals surface area (Å²) >= 11 is 0. The maximum Gasteiger partial charge on any atom is 0.416 e. The summed E-state index contributed by atoms with van der Waals surface area (Å²) < 4.78 is 38.2. The van der Waals surface area contributed by atoms with Gasteiger partial charge in [-0.2, -0.15) is 13.2 Å². The standard InChI is InChI=1S/C15H18F3N/c16-15(17,18)11-6-7-12-10(9-11)3-1-4-13(12)14-5-2-8-19-14/h6-7,9,13-14,19H,1-5,8H2. The Labute approximate surface area is 111 Å². The Hall–Kier alpha value is -1.03. The van der Waals surface area contributed by atoms with Gasteiger partial charge in [-0.3, -0.25) is 0 Å². The molecule has 1 fully saturated rings. The Kier molecular flexibility index (Phi) is 3.29. The van der Waals surface area contributed by atoms with Crippen LogP contribution < -0.4 is 5.32 Å². The molecule has 4 heteroatoms. The molecule has 1 aromatic carbocycles. The fourth-order valence-electron chi connectivity index (χ4n) is 3.50. The number of hydrogen-bond acceptors (Lipinski definition) is 1. The first-order chi connectivity index (χ1) is 9.05. The Balaban J connectivity index is 1.92. The average molecular weight is 269 g/mol.